The van der Waals surface area contributed by atoms with E-state index < -0.39 is 9.84 Å². The molecule has 0 fully saturated rings. The Morgan fingerprint density at radius 1 is 1.03 bits per heavy atom. The first-order valence-corrected chi connectivity index (χ1v) is 11.7. The molecule has 31 heavy (non-hydrogen) atoms. The summed E-state index contributed by atoms with van der Waals surface area (Å²) in [5.74, 6) is 1.22. The molecule has 4 aromatic rings. The SMILES string of the molecule is CC(C)c1nc2c(C#N)cccn2c1-c1ccc(Oc2cccc(S(C)(=O)=O)c2)cc1. The number of nitriles is 1. The van der Waals surface area contributed by atoms with Crippen molar-refractivity contribution >= 4 is 15.5 Å². The molecule has 6 nitrogen and oxygen atoms in total. The zero-order chi connectivity index (χ0) is 22.2. The van der Waals surface area contributed by atoms with Crippen molar-refractivity contribution in [3.05, 3.63) is 78.1 Å². The van der Waals surface area contributed by atoms with Crippen molar-refractivity contribution in [1.29, 1.82) is 5.26 Å². The van der Waals surface area contributed by atoms with Crippen LogP contribution in [0, 0.1) is 11.3 Å². The van der Waals surface area contributed by atoms with Crippen molar-refractivity contribution in [3.8, 4) is 28.8 Å². The summed E-state index contributed by atoms with van der Waals surface area (Å²) < 4.78 is 31.3. The molecule has 4 rings (SSSR count). The van der Waals surface area contributed by atoms with Gasteiger partial charge in [0.05, 0.1) is 21.8 Å². The second kappa shape index (κ2) is 7.89. The van der Waals surface area contributed by atoms with E-state index in [-0.39, 0.29) is 10.8 Å². The van der Waals surface area contributed by atoms with Crippen LogP contribution in [0.5, 0.6) is 11.5 Å². The van der Waals surface area contributed by atoms with Gasteiger partial charge in [-0.15, -0.1) is 0 Å². The van der Waals surface area contributed by atoms with Crippen LogP contribution in [0.1, 0.15) is 31.0 Å². The molecule has 0 atom stereocenters. The van der Waals surface area contributed by atoms with Crippen LogP contribution in [0.2, 0.25) is 0 Å². The van der Waals surface area contributed by atoms with E-state index in [1.54, 1.807) is 24.3 Å². The molecule has 2 aromatic heterocycles. The lowest BCUT2D eigenvalue weighted by atomic mass is 10.0. The smallest absolute Gasteiger partial charge is 0.175 e. The summed E-state index contributed by atoms with van der Waals surface area (Å²) in [6, 6.07) is 19.8. The van der Waals surface area contributed by atoms with Gasteiger partial charge in [0.25, 0.3) is 0 Å². The van der Waals surface area contributed by atoms with Gasteiger partial charge in [-0.3, -0.25) is 4.40 Å². The van der Waals surface area contributed by atoms with Crippen LogP contribution in [0.4, 0.5) is 0 Å². The van der Waals surface area contributed by atoms with Gasteiger partial charge in [0.1, 0.15) is 17.6 Å². The molecule has 0 spiro atoms. The standard InChI is InChI=1S/C24H21N3O3S/c1-16(2)22-23(27-13-5-6-18(15-25)24(27)26-22)17-9-11-19(12-10-17)30-20-7-4-8-21(14-20)31(3,28)29/h4-14,16H,1-3H3. The van der Waals surface area contributed by atoms with E-state index in [9.17, 15) is 13.7 Å². The average Bonchev–Trinajstić information content (AvgIpc) is 3.14. The van der Waals surface area contributed by atoms with Crippen LogP contribution in [-0.2, 0) is 9.84 Å². The van der Waals surface area contributed by atoms with Gasteiger partial charge >= 0.3 is 0 Å². The van der Waals surface area contributed by atoms with Gasteiger partial charge in [-0.05, 0) is 60.5 Å². The van der Waals surface area contributed by atoms with E-state index in [0.29, 0.717) is 22.7 Å². The van der Waals surface area contributed by atoms with Gasteiger partial charge in [-0.1, -0.05) is 19.9 Å². The number of hydrogen-bond donors (Lipinski definition) is 0. The number of aromatic nitrogens is 2. The number of nitrogens with zero attached hydrogens (tertiary/aromatic N) is 3. The lowest BCUT2D eigenvalue weighted by Crippen LogP contribution is -1.97. The molecule has 0 saturated heterocycles. The molecule has 2 heterocycles. The topological polar surface area (TPSA) is 84.5 Å². The van der Waals surface area contributed by atoms with Crippen LogP contribution in [-0.4, -0.2) is 24.1 Å². The second-order valence-corrected chi connectivity index (χ2v) is 9.62. The molecule has 0 N–H and O–H groups in total. The molecule has 7 heteroatoms. The first-order valence-electron chi connectivity index (χ1n) is 9.77. The Kier molecular flexibility index (Phi) is 5.25. The molecule has 0 bridgehead atoms. The molecule has 0 saturated carbocycles. The largest absolute Gasteiger partial charge is 0.457 e. The lowest BCUT2D eigenvalue weighted by molar-refractivity contribution is 0.481. The van der Waals surface area contributed by atoms with E-state index in [4.69, 9.17) is 9.72 Å². The Labute approximate surface area is 181 Å². The normalized spacial score (nSPS) is 11.6. The van der Waals surface area contributed by atoms with Gasteiger partial charge in [0.15, 0.2) is 15.5 Å². The van der Waals surface area contributed by atoms with Crippen molar-refractivity contribution in [1.82, 2.24) is 9.38 Å². The third-order valence-corrected chi connectivity index (χ3v) is 6.05. The Balaban J connectivity index is 1.72. The fourth-order valence-electron chi connectivity index (χ4n) is 3.45. The summed E-state index contributed by atoms with van der Waals surface area (Å²) in [6.07, 6.45) is 3.08. The minimum atomic E-state index is -3.31. The van der Waals surface area contributed by atoms with Crippen LogP contribution in [0.25, 0.3) is 16.9 Å². The van der Waals surface area contributed by atoms with Crippen molar-refractivity contribution in [3.63, 3.8) is 0 Å². The van der Waals surface area contributed by atoms with Gasteiger partial charge in [-0.2, -0.15) is 5.26 Å². The highest BCUT2D eigenvalue weighted by Gasteiger charge is 2.18. The molecular weight excluding hydrogens is 410 g/mol. The molecule has 0 amide bonds. The van der Waals surface area contributed by atoms with Crippen LogP contribution in [0.15, 0.2) is 71.8 Å². The van der Waals surface area contributed by atoms with E-state index in [2.05, 4.69) is 19.9 Å². The maximum Gasteiger partial charge on any atom is 0.175 e. The molecule has 0 aliphatic carbocycles. The van der Waals surface area contributed by atoms with E-state index >= 15 is 0 Å². The molecule has 0 aliphatic heterocycles. The van der Waals surface area contributed by atoms with E-state index in [1.165, 1.54) is 12.3 Å². The average molecular weight is 432 g/mol. The predicted molar refractivity (Wildman–Crippen MR) is 119 cm³/mol. The maximum absolute atomic E-state index is 11.8. The Morgan fingerprint density at radius 2 is 1.77 bits per heavy atom. The third kappa shape index (κ3) is 4.03. The zero-order valence-corrected chi connectivity index (χ0v) is 18.2. The number of fused-ring (bicyclic) bond motifs is 1. The number of pyridine rings is 1. The number of ether oxygens (including phenoxy) is 1. The molecular formula is C24H21N3O3S. The van der Waals surface area contributed by atoms with E-state index in [1.807, 2.05) is 40.9 Å². The first kappa shape index (κ1) is 20.6. The fraction of sp³-hybridized carbons (Fsp3) is 0.167. The quantitative estimate of drug-likeness (QED) is 0.434. The third-order valence-electron chi connectivity index (χ3n) is 4.94. The highest BCUT2D eigenvalue weighted by Crippen LogP contribution is 2.33. The number of rotatable bonds is 5. The van der Waals surface area contributed by atoms with E-state index in [0.717, 1.165) is 17.0 Å². The Morgan fingerprint density at radius 3 is 2.42 bits per heavy atom. The minimum absolute atomic E-state index is 0.177. The molecule has 0 radical (unpaired) electrons. The predicted octanol–water partition coefficient (Wildman–Crippen LogP) is 5.19. The van der Waals surface area contributed by atoms with Crippen molar-refractivity contribution in [2.45, 2.75) is 24.7 Å². The summed E-state index contributed by atoms with van der Waals surface area (Å²) in [6.45, 7) is 4.15. The number of sulfone groups is 1. The van der Waals surface area contributed by atoms with Crippen LogP contribution >= 0.6 is 0 Å². The minimum Gasteiger partial charge on any atom is -0.457 e. The monoisotopic (exact) mass is 431 g/mol. The fourth-order valence-corrected chi connectivity index (χ4v) is 4.10. The van der Waals surface area contributed by atoms with Crippen LogP contribution in [0.3, 0.4) is 0 Å². The Hall–Kier alpha value is -3.63. The van der Waals surface area contributed by atoms with Gasteiger partial charge in [-0.25, -0.2) is 13.4 Å². The summed E-state index contributed by atoms with van der Waals surface area (Å²) in [5, 5.41) is 9.43. The van der Waals surface area contributed by atoms with Gasteiger partial charge in [0.2, 0.25) is 0 Å². The highest BCUT2D eigenvalue weighted by atomic mass is 32.2. The van der Waals surface area contributed by atoms with Crippen molar-refractivity contribution < 1.29 is 13.2 Å². The van der Waals surface area contributed by atoms with Gasteiger partial charge in [0, 0.05) is 18.0 Å². The molecule has 2 aromatic carbocycles. The zero-order valence-electron chi connectivity index (χ0n) is 17.4. The lowest BCUT2D eigenvalue weighted by Gasteiger charge is -2.10. The molecule has 0 aliphatic rings. The molecule has 156 valence electrons. The summed E-state index contributed by atoms with van der Waals surface area (Å²) in [7, 11) is -3.31. The summed E-state index contributed by atoms with van der Waals surface area (Å²) in [4.78, 5) is 4.94. The molecule has 0 unspecified atom stereocenters. The number of hydrogen-bond acceptors (Lipinski definition) is 5. The number of benzene rings is 2. The van der Waals surface area contributed by atoms with Crippen molar-refractivity contribution in [2.75, 3.05) is 6.26 Å². The Bertz CT molecular complexity index is 1410. The summed E-state index contributed by atoms with van der Waals surface area (Å²) in [5.41, 5.74) is 3.97. The van der Waals surface area contributed by atoms with Crippen molar-refractivity contribution in [2.24, 2.45) is 0 Å². The second-order valence-electron chi connectivity index (χ2n) is 7.60. The highest BCUT2D eigenvalue weighted by molar-refractivity contribution is 7.90. The maximum atomic E-state index is 11.8. The van der Waals surface area contributed by atoms with Gasteiger partial charge < -0.3 is 4.74 Å². The number of imidazole rings is 1. The summed E-state index contributed by atoms with van der Waals surface area (Å²) >= 11 is 0. The van der Waals surface area contributed by atoms with Crippen LogP contribution < -0.4 is 4.74 Å². The first-order chi connectivity index (χ1) is 14.8.